The van der Waals surface area contributed by atoms with Gasteiger partial charge in [-0.05, 0) is 51.7 Å². The quantitative estimate of drug-likeness (QED) is 0.690. The summed E-state index contributed by atoms with van der Waals surface area (Å²) in [7, 11) is 0. The molecule has 2 aromatic rings. The number of halogens is 1. The summed E-state index contributed by atoms with van der Waals surface area (Å²) in [5.74, 6) is 0.822. The molecule has 3 rings (SSSR count). The second kappa shape index (κ2) is 7.39. The predicted octanol–water partition coefficient (Wildman–Crippen LogP) is 5.03. The lowest BCUT2D eigenvalue weighted by Gasteiger charge is -2.35. The van der Waals surface area contributed by atoms with Crippen LogP contribution in [0.15, 0.2) is 24.4 Å². The van der Waals surface area contributed by atoms with Crippen molar-refractivity contribution in [3.8, 4) is 0 Å². The first-order chi connectivity index (χ1) is 12.2. The van der Waals surface area contributed by atoms with E-state index in [4.69, 9.17) is 21.3 Å². The lowest BCUT2D eigenvalue weighted by Crippen LogP contribution is -2.42. The lowest BCUT2D eigenvalue weighted by atomic mass is 9.83. The molecule has 2 aromatic heterocycles. The third kappa shape index (κ3) is 4.44. The molecule has 5 nitrogen and oxygen atoms in total. The molecule has 1 saturated heterocycles. The van der Waals surface area contributed by atoms with E-state index in [1.807, 2.05) is 31.7 Å². The van der Waals surface area contributed by atoms with Crippen LogP contribution < -0.4 is 0 Å². The van der Waals surface area contributed by atoms with Gasteiger partial charge in [0.25, 0.3) is 0 Å². The van der Waals surface area contributed by atoms with Crippen LogP contribution in [0, 0.1) is 5.92 Å². The van der Waals surface area contributed by atoms with Gasteiger partial charge in [-0.25, -0.2) is 9.78 Å². The van der Waals surface area contributed by atoms with E-state index in [0.29, 0.717) is 17.0 Å². The molecule has 26 heavy (non-hydrogen) atoms. The maximum Gasteiger partial charge on any atom is 0.410 e. The summed E-state index contributed by atoms with van der Waals surface area (Å²) in [6.07, 6.45) is 3.45. The standard InChI is InChI=1S/C20H26ClN3O2/c1-13(16-6-5-15-12-22-18(21)11-17(15)23-16)14-7-9-24(10-8-14)19(25)26-20(2,3)4/h5-6,11-14H,7-10H2,1-4H3. The van der Waals surface area contributed by atoms with E-state index in [1.54, 1.807) is 12.3 Å². The fourth-order valence-corrected chi connectivity index (χ4v) is 3.56. The number of amides is 1. The van der Waals surface area contributed by atoms with Crippen molar-refractivity contribution < 1.29 is 9.53 Å². The minimum Gasteiger partial charge on any atom is -0.444 e. The van der Waals surface area contributed by atoms with Crippen molar-refractivity contribution in [1.82, 2.24) is 14.9 Å². The van der Waals surface area contributed by atoms with Crippen molar-refractivity contribution in [1.29, 1.82) is 0 Å². The van der Waals surface area contributed by atoms with E-state index < -0.39 is 5.60 Å². The number of hydrogen-bond acceptors (Lipinski definition) is 4. The summed E-state index contributed by atoms with van der Waals surface area (Å²) in [5.41, 5.74) is 1.49. The van der Waals surface area contributed by atoms with Crippen LogP contribution >= 0.6 is 11.6 Å². The first-order valence-electron chi connectivity index (χ1n) is 9.13. The maximum atomic E-state index is 12.2. The van der Waals surface area contributed by atoms with E-state index >= 15 is 0 Å². The van der Waals surface area contributed by atoms with Crippen molar-refractivity contribution >= 4 is 28.6 Å². The largest absolute Gasteiger partial charge is 0.444 e. The fraction of sp³-hybridized carbons (Fsp3) is 0.550. The van der Waals surface area contributed by atoms with Gasteiger partial charge in [-0.1, -0.05) is 18.5 Å². The van der Waals surface area contributed by atoms with Gasteiger partial charge in [-0.2, -0.15) is 0 Å². The molecular formula is C20H26ClN3O2. The molecule has 0 spiro atoms. The molecule has 1 aliphatic rings. The molecule has 0 radical (unpaired) electrons. The van der Waals surface area contributed by atoms with Crippen LogP contribution in [0.3, 0.4) is 0 Å². The van der Waals surface area contributed by atoms with Crippen molar-refractivity contribution in [2.75, 3.05) is 13.1 Å². The molecule has 1 fully saturated rings. The zero-order valence-corrected chi connectivity index (χ0v) is 16.6. The summed E-state index contributed by atoms with van der Waals surface area (Å²) >= 11 is 5.99. The van der Waals surface area contributed by atoms with E-state index in [0.717, 1.165) is 42.5 Å². The molecule has 0 N–H and O–H groups in total. The maximum absolute atomic E-state index is 12.2. The van der Waals surface area contributed by atoms with Gasteiger partial charge in [0.15, 0.2) is 0 Å². The second-order valence-electron chi connectivity index (χ2n) is 8.03. The Hall–Kier alpha value is -1.88. The van der Waals surface area contributed by atoms with Gasteiger partial charge >= 0.3 is 6.09 Å². The van der Waals surface area contributed by atoms with Crippen LogP contribution in [0.2, 0.25) is 5.15 Å². The number of aromatic nitrogens is 2. The van der Waals surface area contributed by atoms with Crippen LogP contribution in [0.1, 0.15) is 52.1 Å². The smallest absolute Gasteiger partial charge is 0.410 e. The highest BCUT2D eigenvalue weighted by Gasteiger charge is 2.30. The number of carbonyl (C=O) groups is 1. The summed E-state index contributed by atoms with van der Waals surface area (Å²) < 4.78 is 5.47. The Morgan fingerprint density at radius 3 is 2.65 bits per heavy atom. The minimum absolute atomic E-state index is 0.213. The molecule has 1 amide bonds. The summed E-state index contributed by atoms with van der Waals surface area (Å²) in [4.78, 5) is 22.9. The van der Waals surface area contributed by atoms with E-state index in [9.17, 15) is 4.79 Å². The lowest BCUT2D eigenvalue weighted by molar-refractivity contribution is 0.0175. The summed E-state index contributed by atoms with van der Waals surface area (Å²) in [6.45, 7) is 9.36. The highest BCUT2D eigenvalue weighted by Crippen LogP contribution is 2.32. The number of hydrogen-bond donors (Lipinski definition) is 0. The van der Waals surface area contributed by atoms with Gasteiger partial charge in [0, 0.05) is 42.4 Å². The molecule has 1 unspecified atom stereocenters. The molecular weight excluding hydrogens is 350 g/mol. The number of rotatable bonds is 2. The van der Waals surface area contributed by atoms with E-state index in [2.05, 4.69) is 18.0 Å². The average Bonchev–Trinajstić information content (AvgIpc) is 2.59. The highest BCUT2D eigenvalue weighted by atomic mass is 35.5. The molecule has 1 atom stereocenters. The van der Waals surface area contributed by atoms with Gasteiger partial charge in [0.1, 0.15) is 10.8 Å². The van der Waals surface area contributed by atoms with Gasteiger partial charge in [0.05, 0.1) is 5.52 Å². The number of nitrogens with zero attached hydrogens (tertiary/aromatic N) is 3. The molecule has 0 aromatic carbocycles. The van der Waals surface area contributed by atoms with Gasteiger partial charge in [-0.3, -0.25) is 4.98 Å². The topological polar surface area (TPSA) is 55.3 Å². The Morgan fingerprint density at radius 2 is 2.00 bits per heavy atom. The summed E-state index contributed by atoms with van der Waals surface area (Å²) in [5, 5.41) is 1.45. The second-order valence-corrected chi connectivity index (χ2v) is 8.42. The van der Waals surface area contributed by atoms with Crippen LogP contribution in [0.5, 0.6) is 0 Å². The number of carbonyl (C=O) groups excluding carboxylic acids is 1. The zero-order chi connectivity index (χ0) is 18.9. The SMILES string of the molecule is CC(c1ccc2cnc(Cl)cc2n1)C1CCN(C(=O)OC(C)(C)C)CC1. The zero-order valence-electron chi connectivity index (χ0n) is 15.8. The molecule has 6 heteroatoms. The number of piperidine rings is 1. The van der Waals surface area contributed by atoms with Crippen LogP contribution in [0.25, 0.3) is 10.9 Å². The van der Waals surface area contributed by atoms with Gasteiger partial charge in [0.2, 0.25) is 0 Å². The Balaban J connectivity index is 1.65. The Bertz CT molecular complexity index is 795. The fourth-order valence-electron chi connectivity index (χ4n) is 3.41. The van der Waals surface area contributed by atoms with Crippen molar-refractivity contribution in [2.24, 2.45) is 5.92 Å². The number of likely N-dealkylation sites (tertiary alicyclic amines) is 1. The number of ether oxygens (including phenoxy) is 1. The molecule has 0 saturated carbocycles. The average molecular weight is 376 g/mol. The normalized spacial score (nSPS) is 17.3. The molecule has 0 aliphatic carbocycles. The molecule has 1 aliphatic heterocycles. The van der Waals surface area contributed by atoms with Crippen LogP contribution in [-0.4, -0.2) is 39.7 Å². The first-order valence-corrected chi connectivity index (χ1v) is 9.51. The number of fused-ring (bicyclic) bond motifs is 1. The van der Waals surface area contributed by atoms with Crippen molar-refractivity contribution in [3.63, 3.8) is 0 Å². The Morgan fingerprint density at radius 1 is 1.31 bits per heavy atom. The summed E-state index contributed by atoms with van der Waals surface area (Å²) in [6, 6.07) is 5.92. The van der Waals surface area contributed by atoms with Crippen molar-refractivity contribution in [3.05, 3.63) is 35.2 Å². The van der Waals surface area contributed by atoms with Crippen LogP contribution in [0.4, 0.5) is 4.79 Å². The third-order valence-corrected chi connectivity index (χ3v) is 5.13. The number of pyridine rings is 2. The van der Waals surface area contributed by atoms with Crippen LogP contribution in [-0.2, 0) is 4.74 Å². The van der Waals surface area contributed by atoms with E-state index in [-0.39, 0.29) is 6.09 Å². The Labute approximate surface area is 159 Å². The first kappa shape index (κ1) is 18.9. The third-order valence-electron chi connectivity index (χ3n) is 4.93. The van der Waals surface area contributed by atoms with E-state index in [1.165, 1.54) is 0 Å². The highest BCUT2D eigenvalue weighted by molar-refractivity contribution is 6.29. The van der Waals surface area contributed by atoms with Gasteiger partial charge in [-0.15, -0.1) is 0 Å². The molecule has 0 bridgehead atoms. The predicted molar refractivity (Wildman–Crippen MR) is 103 cm³/mol. The van der Waals surface area contributed by atoms with Crippen molar-refractivity contribution in [2.45, 2.75) is 52.1 Å². The molecule has 3 heterocycles. The monoisotopic (exact) mass is 375 g/mol. The minimum atomic E-state index is -0.452. The molecule has 140 valence electrons. The van der Waals surface area contributed by atoms with Gasteiger partial charge < -0.3 is 9.64 Å². The Kier molecular flexibility index (Phi) is 5.37.